The molecule has 0 aliphatic carbocycles. The van der Waals surface area contributed by atoms with Gasteiger partial charge in [-0.25, -0.2) is 0 Å². The van der Waals surface area contributed by atoms with E-state index in [-0.39, 0.29) is 13.2 Å². The molecule has 0 spiro atoms. The van der Waals surface area contributed by atoms with Crippen LogP contribution in [-0.2, 0) is 14.2 Å². The van der Waals surface area contributed by atoms with E-state index in [1.807, 2.05) is 0 Å². The molecule has 1 rings (SSSR count). The molecule has 0 aromatic heterocycles. The summed E-state index contributed by atoms with van der Waals surface area (Å²) in [5, 5.41) is 0. The maximum atomic E-state index is 12.2. The van der Waals surface area contributed by atoms with E-state index in [1.165, 1.54) is 6.08 Å². The second-order valence-electron chi connectivity index (χ2n) is 2.34. The molecular formula is C7H10F2O3. The second-order valence-corrected chi connectivity index (χ2v) is 2.34. The summed E-state index contributed by atoms with van der Waals surface area (Å²) in [6.45, 7) is 3.70. The zero-order valence-corrected chi connectivity index (χ0v) is 6.46. The van der Waals surface area contributed by atoms with Crippen LogP contribution >= 0.6 is 0 Å². The average molecular weight is 180 g/mol. The lowest BCUT2D eigenvalue weighted by Crippen LogP contribution is -2.21. The molecule has 0 aromatic carbocycles. The molecule has 5 heteroatoms. The lowest BCUT2D eigenvalue weighted by atomic mass is 10.4. The third-order valence-electron chi connectivity index (χ3n) is 1.28. The highest BCUT2D eigenvalue weighted by Gasteiger charge is 2.42. The predicted octanol–water partition coefficient (Wildman–Crippen LogP) is 1.15. The van der Waals surface area contributed by atoms with Gasteiger partial charge in [0.1, 0.15) is 6.10 Å². The van der Waals surface area contributed by atoms with Crippen LogP contribution in [0.4, 0.5) is 8.78 Å². The van der Waals surface area contributed by atoms with Gasteiger partial charge in [0.05, 0.1) is 19.8 Å². The molecule has 1 heterocycles. The van der Waals surface area contributed by atoms with Gasteiger partial charge >= 0.3 is 6.29 Å². The SMILES string of the molecule is C=CCOCC1COC(F)(F)O1. The summed E-state index contributed by atoms with van der Waals surface area (Å²) >= 11 is 0. The first-order chi connectivity index (χ1) is 5.64. The Bertz CT molecular complexity index is 161. The Hall–Kier alpha value is -0.520. The van der Waals surface area contributed by atoms with E-state index in [0.29, 0.717) is 6.61 Å². The third-order valence-corrected chi connectivity index (χ3v) is 1.28. The zero-order valence-electron chi connectivity index (χ0n) is 6.46. The fourth-order valence-electron chi connectivity index (χ4n) is 0.817. The normalized spacial score (nSPS) is 27.3. The van der Waals surface area contributed by atoms with Gasteiger partial charge in [-0.1, -0.05) is 6.08 Å². The van der Waals surface area contributed by atoms with Gasteiger partial charge in [-0.05, 0) is 0 Å². The maximum absolute atomic E-state index is 12.2. The standard InChI is InChI=1S/C7H10F2O3/c1-2-3-10-4-6-5-11-7(8,9)12-6/h2,6H,1,3-5H2. The highest BCUT2D eigenvalue weighted by Crippen LogP contribution is 2.26. The molecule has 1 aliphatic heterocycles. The number of alkyl halides is 2. The molecule has 0 saturated carbocycles. The highest BCUT2D eigenvalue weighted by molar-refractivity contribution is 4.67. The van der Waals surface area contributed by atoms with Gasteiger partial charge in [-0.15, -0.1) is 15.4 Å². The third kappa shape index (κ3) is 2.84. The summed E-state index contributed by atoms with van der Waals surface area (Å²) in [5.41, 5.74) is 0. The van der Waals surface area contributed by atoms with Crippen molar-refractivity contribution in [3.8, 4) is 0 Å². The predicted molar refractivity (Wildman–Crippen MR) is 36.8 cm³/mol. The first-order valence-electron chi connectivity index (χ1n) is 3.52. The van der Waals surface area contributed by atoms with E-state index in [0.717, 1.165) is 0 Å². The van der Waals surface area contributed by atoms with Gasteiger partial charge in [0.25, 0.3) is 0 Å². The van der Waals surface area contributed by atoms with Crippen LogP contribution in [0.25, 0.3) is 0 Å². The number of rotatable bonds is 4. The minimum absolute atomic E-state index is 0.0988. The summed E-state index contributed by atoms with van der Waals surface area (Å²) in [5.74, 6) is 0. The molecule has 1 saturated heterocycles. The van der Waals surface area contributed by atoms with Crippen molar-refractivity contribution in [2.75, 3.05) is 19.8 Å². The molecule has 1 fully saturated rings. The van der Waals surface area contributed by atoms with E-state index in [1.54, 1.807) is 0 Å². The van der Waals surface area contributed by atoms with E-state index in [4.69, 9.17) is 4.74 Å². The largest absolute Gasteiger partial charge is 0.486 e. The van der Waals surface area contributed by atoms with Crippen LogP contribution in [0, 0.1) is 0 Å². The Morgan fingerprint density at radius 3 is 2.92 bits per heavy atom. The monoisotopic (exact) mass is 180 g/mol. The topological polar surface area (TPSA) is 27.7 Å². The molecule has 12 heavy (non-hydrogen) atoms. The van der Waals surface area contributed by atoms with Crippen LogP contribution in [0.15, 0.2) is 12.7 Å². The van der Waals surface area contributed by atoms with Crippen molar-refractivity contribution < 1.29 is 23.0 Å². The van der Waals surface area contributed by atoms with Gasteiger partial charge in [0, 0.05) is 0 Å². The molecule has 1 atom stereocenters. The average Bonchev–Trinajstić information content (AvgIpc) is 2.31. The van der Waals surface area contributed by atoms with Gasteiger partial charge in [0.2, 0.25) is 0 Å². The van der Waals surface area contributed by atoms with Gasteiger partial charge < -0.3 is 4.74 Å². The Kier molecular flexibility index (Phi) is 3.13. The molecule has 1 unspecified atom stereocenters. The molecule has 0 bridgehead atoms. The Morgan fingerprint density at radius 2 is 2.42 bits per heavy atom. The molecule has 0 aromatic rings. The fourth-order valence-corrected chi connectivity index (χ4v) is 0.817. The van der Waals surface area contributed by atoms with E-state index in [9.17, 15) is 8.78 Å². The van der Waals surface area contributed by atoms with Crippen molar-refractivity contribution in [2.24, 2.45) is 0 Å². The molecule has 0 radical (unpaired) electrons. The van der Waals surface area contributed by atoms with Gasteiger partial charge in [0.15, 0.2) is 0 Å². The van der Waals surface area contributed by atoms with Gasteiger partial charge in [-0.3, -0.25) is 9.47 Å². The van der Waals surface area contributed by atoms with Gasteiger partial charge in [-0.2, -0.15) is 0 Å². The summed E-state index contributed by atoms with van der Waals surface area (Å²) in [6.07, 6.45) is -2.59. The lowest BCUT2D eigenvalue weighted by molar-refractivity contribution is -0.347. The van der Waals surface area contributed by atoms with Crippen LogP contribution in [0.5, 0.6) is 0 Å². The van der Waals surface area contributed by atoms with Crippen LogP contribution in [-0.4, -0.2) is 32.2 Å². The van der Waals surface area contributed by atoms with Crippen molar-refractivity contribution in [1.82, 2.24) is 0 Å². The van der Waals surface area contributed by atoms with E-state index in [2.05, 4.69) is 16.1 Å². The molecule has 0 amide bonds. The van der Waals surface area contributed by atoms with Crippen molar-refractivity contribution in [3.63, 3.8) is 0 Å². The fraction of sp³-hybridized carbons (Fsp3) is 0.714. The van der Waals surface area contributed by atoms with Crippen molar-refractivity contribution >= 4 is 0 Å². The Labute approximate surface area is 68.9 Å². The lowest BCUT2D eigenvalue weighted by Gasteiger charge is -2.08. The number of hydrogen-bond donors (Lipinski definition) is 0. The summed E-state index contributed by atoms with van der Waals surface area (Å²) in [7, 11) is 0. The molecule has 0 N–H and O–H groups in total. The smallest absolute Gasteiger partial charge is 0.375 e. The summed E-state index contributed by atoms with van der Waals surface area (Å²) in [4.78, 5) is 0. The molecule has 3 nitrogen and oxygen atoms in total. The van der Waals surface area contributed by atoms with Crippen molar-refractivity contribution in [2.45, 2.75) is 12.4 Å². The minimum atomic E-state index is -3.44. The second kappa shape index (κ2) is 3.93. The number of halogens is 2. The molecule has 1 aliphatic rings. The highest BCUT2D eigenvalue weighted by atomic mass is 19.3. The zero-order chi connectivity index (χ0) is 9.03. The summed E-state index contributed by atoms with van der Waals surface area (Å²) < 4.78 is 37.5. The van der Waals surface area contributed by atoms with Crippen molar-refractivity contribution in [3.05, 3.63) is 12.7 Å². The first kappa shape index (κ1) is 9.57. The Morgan fingerprint density at radius 1 is 1.67 bits per heavy atom. The molecule has 70 valence electrons. The van der Waals surface area contributed by atoms with E-state index >= 15 is 0 Å². The quantitative estimate of drug-likeness (QED) is 0.480. The van der Waals surface area contributed by atoms with E-state index < -0.39 is 12.4 Å². The Balaban J connectivity index is 2.15. The van der Waals surface area contributed by atoms with Crippen molar-refractivity contribution in [1.29, 1.82) is 0 Å². The number of hydrogen-bond acceptors (Lipinski definition) is 3. The number of ether oxygens (including phenoxy) is 3. The first-order valence-corrected chi connectivity index (χ1v) is 3.52. The summed E-state index contributed by atoms with van der Waals surface area (Å²) in [6, 6.07) is 0. The van der Waals surface area contributed by atoms with Crippen LogP contribution in [0.3, 0.4) is 0 Å². The molecular weight excluding hydrogens is 170 g/mol. The van der Waals surface area contributed by atoms with Crippen LogP contribution in [0.2, 0.25) is 0 Å². The minimum Gasteiger partial charge on any atom is -0.375 e. The van der Waals surface area contributed by atoms with Crippen LogP contribution < -0.4 is 0 Å². The maximum Gasteiger partial charge on any atom is 0.486 e. The van der Waals surface area contributed by atoms with Crippen LogP contribution in [0.1, 0.15) is 0 Å².